The Labute approximate surface area is 147 Å². The number of hydrogen-bond donors (Lipinski definition) is 0. The minimum Gasteiger partial charge on any atom is -0.459 e. The van der Waals surface area contributed by atoms with Crippen LogP contribution < -0.4 is 0 Å². The number of ether oxygens (including phenoxy) is 1. The van der Waals surface area contributed by atoms with E-state index in [9.17, 15) is 4.79 Å². The van der Waals surface area contributed by atoms with Gasteiger partial charge >= 0.3 is 5.97 Å². The molecule has 0 spiro atoms. The number of carbonyl (C=O) groups is 1. The number of carbonyl (C=O) groups excluding carboxylic acids is 1. The van der Waals surface area contributed by atoms with Crippen LogP contribution in [0, 0.1) is 0 Å². The van der Waals surface area contributed by atoms with Gasteiger partial charge in [-0.15, -0.1) is 5.10 Å². The number of esters is 1. The summed E-state index contributed by atoms with van der Waals surface area (Å²) in [5.41, 5.74) is 0.712. The molecule has 0 fully saturated rings. The number of unbranched alkanes of at least 4 members (excludes halogenated alkanes) is 11. The maximum absolute atomic E-state index is 10.7. The molecule has 1 aromatic rings. The van der Waals surface area contributed by atoms with Crippen LogP contribution in [-0.4, -0.2) is 21.0 Å². The summed E-state index contributed by atoms with van der Waals surface area (Å²) in [6, 6.07) is 0. The van der Waals surface area contributed by atoms with Crippen molar-refractivity contribution in [3.8, 4) is 0 Å². The summed E-state index contributed by atoms with van der Waals surface area (Å²) in [6.07, 6.45) is 18.1. The van der Waals surface area contributed by atoms with E-state index in [-0.39, 0.29) is 12.6 Å². The monoisotopic (exact) mass is 337 g/mol. The molecule has 0 saturated carbocycles. The zero-order valence-electron chi connectivity index (χ0n) is 15.6. The standard InChI is InChI=1S/C19H35N3O2/c1-3-4-5-6-7-8-9-10-11-12-13-14-15-22-16-19(20-21-22)17-24-18(2)23/h16H,3-15,17H2,1-2H3. The van der Waals surface area contributed by atoms with Crippen molar-refractivity contribution < 1.29 is 9.53 Å². The van der Waals surface area contributed by atoms with Crippen molar-refractivity contribution in [2.45, 2.75) is 104 Å². The molecule has 0 radical (unpaired) electrons. The molecule has 1 heterocycles. The maximum atomic E-state index is 10.7. The van der Waals surface area contributed by atoms with Crippen LogP contribution in [0.15, 0.2) is 6.20 Å². The third-order valence-corrected chi connectivity index (χ3v) is 4.25. The minimum atomic E-state index is -0.287. The van der Waals surface area contributed by atoms with E-state index >= 15 is 0 Å². The largest absolute Gasteiger partial charge is 0.459 e. The predicted molar refractivity (Wildman–Crippen MR) is 96.6 cm³/mol. The molecule has 1 rings (SSSR count). The first-order valence-corrected chi connectivity index (χ1v) is 9.74. The fourth-order valence-electron chi connectivity index (χ4n) is 2.80. The molecule has 0 bridgehead atoms. The number of aromatic nitrogens is 3. The van der Waals surface area contributed by atoms with Crippen LogP contribution in [0.4, 0.5) is 0 Å². The molecule has 1 aromatic heterocycles. The van der Waals surface area contributed by atoms with Gasteiger partial charge in [0.05, 0.1) is 6.20 Å². The highest BCUT2D eigenvalue weighted by atomic mass is 16.5. The summed E-state index contributed by atoms with van der Waals surface area (Å²) < 4.78 is 6.75. The van der Waals surface area contributed by atoms with Gasteiger partial charge in [-0.05, 0) is 6.42 Å². The fourth-order valence-corrected chi connectivity index (χ4v) is 2.80. The maximum Gasteiger partial charge on any atom is 0.303 e. The molecule has 0 aliphatic rings. The second-order valence-electron chi connectivity index (χ2n) is 6.64. The Balaban J connectivity index is 1.89. The summed E-state index contributed by atoms with van der Waals surface area (Å²) in [5.74, 6) is -0.287. The zero-order chi connectivity index (χ0) is 17.5. The molecule has 0 aliphatic carbocycles. The first-order chi connectivity index (χ1) is 11.7. The van der Waals surface area contributed by atoms with Crippen molar-refractivity contribution in [3.05, 3.63) is 11.9 Å². The van der Waals surface area contributed by atoms with Crippen LogP contribution in [0.5, 0.6) is 0 Å². The van der Waals surface area contributed by atoms with E-state index in [4.69, 9.17) is 4.74 Å². The number of rotatable bonds is 15. The summed E-state index contributed by atoms with van der Waals surface area (Å²) in [7, 11) is 0. The van der Waals surface area contributed by atoms with Gasteiger partial charge in [-0.3, -0.25) is 9.48 Å². The molecule has 5 heteroatoms. The van der Waals surface area contributed by atoms with Crippen LogP contribution >= 0.6 is 0 Å². The number of aryl methyl sites for hydroxylation is 1. The van der Waals surface area contributed by atoms with Gasteiger partial charge in [-0.2, -0.15) is 0 Å². The van der Waals surface area contributed by atoms with Crippen molar-refractivity contribution in [2.24, 2.45) is 0 Å². The van der Waals surface area contributed by atoms with Gasteiger partial charge in [0, 0.05) is 13.5 Å². The Hall–Kier alpha value is -1.39. The fraction of sp³-hybridized carbons (Fsp3) is 0.842. The molecular formula is C19H35N3O2. The molecule has 24 heavy (non-hydrogen) atoms. The Morgan fingerprint density at radius 3 is 2.04 bits per heavy atom. The third kappa shape index (κ3) is 11.2. The summed E-state index contributed by atoms with van der Waals surface area (Å²) in [4.78, 5) is 10.7. The van der Waals surface area contributed by atoms with Gasteiger partial charge in [0.25, 0.3) is 0 Å². The van der Waals surface area contributed by atoms with E-state index in [0.29, 0.717) is 5.69 Å². The van der Waals surface area contributed by atoms with Crippen molar-refractivity contribution in [3.63, 3.8) is 0 Å². The van der Waals surface area contributed by atoms with Crippen LogP contribution in [0.3, 0.4) is 0 Å². The molecule has 0 N–H and O–H groups in total. The smallest absolute Gasteiger partial charge is 0.303 e. The Morgan fingerprint density at radius 1 is 0.958 bits per heavy atom. The normalized spacial score (nSPS) is 10.9. The molecule has 5 nitrogen and oxygen atoms in total. The molecule has 0 aromatic carbocycles. The zero-order valence-corrected chi connectivity index (χ0v) is 15.6. The van der Waals surface area contributed by atoms with E-state index in [0.717, 1.165) is 13.0 Å². The lowest BCUT2D eigenvalue weighted by molar-refractivity contribution is -0.142. The van der Waals surface area contributed by atoms with Gasteiger partial charge in [0.15, 0.2) is 0 Å². The number of hydrogen-bond acceptors (Lipinski definition) is 4. The summed E-state index contributed by atoms with van der Waals surface area (Å²) in [5, 5.41) is 8.06. The van der Waals surface area contributed by atoms with Crippen molar-refractivity contribution >= 4 is 5.97 Å². The van der Waals surface area contributed by atoms with Gasteiger partial charge in [0.1, 0.15) is 12.3 Å². The summed E-state index contributed by atoms with van der Waals surface area (Å²) in [6.45, 7) is 4.78. The van der Waals surface area contributed by atoms with Gasteiger partial charge in [0.2, 0.25) is 0 Å². The molecule has 0 saturated heterocycles. The van der Waals surface area contributed by atoms with E-state index in [2.05, 4.69) is 17.2 Å². The SMILES string of the molecule is CCCCCCCCCCCCCCn1cc(COC(C)=O)nn1. The molecule has 0 atom stereocenters. The average Bonchev–Trinajstić information content (AvgIpc) is 3.02. The van der Waals surface area contributed by atoms with E-state index in [1.165, 1.54) is 77.6 Å². The minimum absolute atomic E-state index is 0.216. The molecule has 138 valence electrons. The van der Waals surface area contributed by atoms with Crippen LogP contribution in [0.25, 0.3) is 0 Å². The van der Waals surface area contributed by atoms with E-state index in [1.807, 2.05) is 10.9 Å². The first kappa shape index (κ1) is 20.7. The molecule has 0 unspecified atom stereocenters. The number of nitrogens with zero attached hydrogens (tertiary/aromatic N) is 3. The second-order valence-corrected chi connectivity index (χ2v) is 6.64. The molecule has 0 amide bonds. The predicted octanol–water partition coefficient (Wildman–Crippen LogP) is 5.04. The van der Waals surface area contributed by atoms with E-state index < -0.39 is 0 Å². The van der Waals surface area contributed by atoms with Crippen LogP contribution in [0.2, 0.25) is 0 Å². The molecular weight excluding hydrogens is 302 g/mol. The lowest BCUT2D eigenvalue weighted by atomic mass is 10.1. The van der Waals surface area contributed by atoms with Gasteiger partial charge in [-0.25, -0.2) is 0 Å². The topological polar surface area (TPSA) is 57.0 Å². The Bertz CT molecular complexity index is 432. The van der Waals surface area contributed by atoms with Crippen molar-refractivity contribution in [1.82, 2.24) is 15.0 Å². The van der Waals surface area contributed by atoms with Crippen LogP contribution in [0.1, 0.15) is 96.6 Å². The van der Waals surface area contributed by atoms with Crippen molar-refractivity contribution in [2.75, 3.05) is 0 Å². The average molecular weight is 338 g/mol. The van der Waals surface area contributed by atoms with Crippen molar-refractivity contribution in [1.29, 1.82) is 0 Å². The van der Waals surface area contributed by atoms with Gasteiger partial charge in [-0.1, -0.05) is 82.8 Å². The summed E-state index contributed by atoms with van der Waals surface area (Å²) >= 11 is 0. The highest BCUT2D eigenvalue weighted by Gasteiger charge is 2.02. The second kappa shape index (κ2) is 14.0. The lowest BCUT2D eigenvalue weighted by Crippen LogP contribution is -1.99. The quantitative estimate of drug-likeness (QED) is 0.332. The van der Waals surface area contributed by atoms with E-state index in [1.54, 1.807) is 0 Å². The molecule has 0 aliphatic heterocycles. The highest BCUT2D eigenvalue weighted by molar-refractivity contribution is 5.65. The first-order valence-electron chi connectivity index (χ1n) is 9.74. The van der Waals surface area contributed by atoms with Gasteiger partial charge < -0.3 is 4.74 Å². The lowest BCUT2D eigenvalue weighted by Gasteiger charge is -2.03. The Kier molecular flexibility index (Phi) is 12.0. The Morgan fingerprint density at radius 2 is 1.50 bits per heavy atom. The van der Waals surface area contributed by atoms with Crippen LogP contribution in [-0.2, 0) is 22.7 Å². The third-order valence-electron chi connectivity index (χ3n) is 4.25. The highest BCUT2D eigenvalue weighted by Crippen LogP contribution is 2.12.